The van der Waals surface area contributed by atoms with Gasteiger partial charge in [-0.05, 0) is 0 Å². The van der Waals surface area contributed by atoms with Crippen LogP contribution in [0.2, 0.25) is 19.1 Å². The molecule has 0 nitrogen and oxygen atoms in total. The maximum absolute atomic E-state index is 2.44. The number of hydrogen-bond acceptors (Lipinski definition) is 0. The molecule has 0 bridgehead atoms. The molecule has 0 aromatic heterocycles. The zero-order valence-electron chi connectivity index (χ0n) is 16.2. The first-order valence-electron chi connectivity index (χ1n) is 10.6. The Morgan fingerprint density at radius 3 is 0.955 bits per heavy atom. The van der Waals surface area contributed by atoms with Gasteiger partial charge in [-0.2, -0.15) is 0 Å². The van der Waals surface area contributed by atoms with E-state index in [1.54, 1.807) is 0 Å². The first-order chi connectivity index (χ1) is 10.8. The summed E-state index contributed by atoms with van der Waals surface area (Å²) in [5.74, 6) is 0. The fraction of sp³-hybridized carbons (Fsp3) is 1.00. The summed E-state index contributed by atoms with van der Waals surface area (Å²) in [7, 11) is 0.0454. The smallest absolute Gasteiger partial charge is 0.0412 e. The third-order valence-electron chi connectivity index (χ3n) is 4.78. The summed E-state index contributed by atoms with van der Waals surface area (Å²) in [4.78, 5) is 0. The number of hydrogen-bond donors (Lipinski definition) is 0. The van der Waals surface area contributed by atoms with Gasteiger partial charge >= 0.3 is 0 Å². The van der Waals surface area contributed by atoms with Crippen LogP contribution in [0.1, 0.15) is 116 Å². The molecule has 0 aromatic carbocycles. The molecule has 0 N–H and O–H groups in total. The van der Waals surface area contributed by atoms with E-state index in [0.29, 0.717) is 0 Å². The van der Waals surface area contributed by atoms with Gasteiger partial charge in [0, 0.05) is 8.80 Å². The van der Waals surface area contributed by atoms with E-state index in [4.69, 9.17) is 0 Å². The van der Waals surface area contributed by atoms with Gasteiger partial charge in [-0.1, -0.05) is 135 Å². The summed E-state index contributed by atoms with van der Waals surface area (Å²) < 4.78 is 0. The normalized spacial score (nSPS) is 11.5. The van der Waals surface area contributed by atoms with Gasteiger partial charge in [0.15, 0.2) is 0 Å². The van der Waals surface area contributed by atoms with Crippen molar-refractivity contribution in [2.75, 3.05) is 0 Å². The quantitative estimate of drug-likeness (QED) is 0.175. The molecule has 0 rings (SSSR count). The lowest BCUT2D eigenvalue weighted by atomic mass is 10.0. The van der Waals surface area contributed by atoms with Crippen molar-refractivity contribution in [2.45, 2.75) is 135 Å². The summed E-state index contributed by atoms with van der Waals surface area (Å²) in [6.07, 6.45) is 25.2. The average Bonchev–Trinajstić information content (AvgIpc) is 2.50. The molecule has 0 aliphatic rings. The fourth-order valence-corrected chi connectivity index (χ4v) is 4.16. The Balaban J connectivity index is 2.94. The Bertz CT molecular complexity index is 188. The molecule has 0 saturated heterocycles. The Labute approximate surface area is 144 Å². The maximum Gasteiger partial charge on any atom is 0.0412 e. The highest BCUT2D eigenvalue weighted by Gasteiger charge is 1.97. The highest BCUT2D eigenvalue weighted by Crippen LogP contribution is 2.14. The van der Waals surface area contributed by atoms with Crippen LogP contribution in [0.5, 0.6) is 0 Å². The highest BCUT2D eigenvalue weighted by atomic mass is 28.3. The molecule has 0 aliphatic heterocycles. The predicted molar refractivity (Wildman–Crippen MR) is 106 cm³/mol. The van der Waals surface area contributed by atoms with Crippen LogP contribution < -0.4 is 0 Å². The molecule has 0 aromatic rings. The van der Waals surface area contributed by atoms with Gasteiger partial charge in [0.25, 0.3) is 0 Å². The Morgan fingerprint density at radius 2 is 0.682 bits per heavy atom. The monoisotopic (exact) mass is 325 g/mol. The van der Waals surface area contributed by atoms with Crippen LogP contribution in [0.3, 0.4) is 0 Å². The summed E-state index contributed by atoms with van der Waals surface area (Å²) >= 11 is 0. The largest absolute Gasteiger partial charge is 0.0713 e. The van der Waals surface area contributed by atoms with E-state index in [0.717, 1.165) is 0 Å². The molecule has 0 amide bonds. The van der Waals surface area contributed by atoms with Crippen molar-refractivity contribution in [3.8, 4) is 0 Å². The van der Waals surface area contributed by atoms with Crippen molar-refractivity contribution < 1.29 is 0 Å². The van der Waals surface area contributed by atoms with Crippen LogP contribution in [0.15, 0.2) is 0 Å². The fourth-order valence-electron chi connectivity index (χ4n) is 3.20. The Hall–Kier alpha value is 0.217. The van der Waals surface area contributed by atoms with Crippen molar-refractivity contribution in [3.05, 3.63) is 0 Å². The first kappa shape index (κ1) is 22.2. The Kier molecular flexibility index (Phi) is 19.5. The highest BCUT2D eigenvalue weighted by molar-refractivity contribution is 6.55. The zero-order valence-corrected chi connectivity index (χ0v) is 17.2. The predicted octanol–water partition coefficient (Wildman–Crippen LogP) is 8.39. The van der Waals surface area contributed by atoms with E-state index in [-0.39, 0.29) is 8.80 Å². The molecule has 0 spiro atoms. The van der Waals surface area contributed by atoms with E-state index in [9.17, 15) is 0 Å². The minimum Gasteiger partial charge on any atom is -0.0713 e. The summed E-state index contributed by atoms with van der Waals surface area (Å²) in [6, 6.07) is 1.53. The summed E-state index contributed by atoms with van der Waals surface area (Å²) in [5.41, 5.74) is 0. The van der Waals surface area contributed by atoms with Crippen LogP contribution in [0, 0.1) is 0 Å². The molecule has 1 radical (unpaired) electrons. The topological polar surface area (TPSA) is 0 Å². The molecule has 22 heavy (non-hydrogen) atoms. The van der Waals surface area contributed by atoms with Crippen LogP contribution in [-0.4, -0.2) is 8.80 Å². The van der Waals surface area contributed by atoms with E-state index < -0.39 is 0 Å². The Morgan fingerprint density at radius 1 is 0.409 bits per heavy atom. The first-order valence-corrected chi connectivity index (χ1v) is 13.3. The number of unbranched alkanes of at least 4 members (excludes halogenated alkanes) is 16. The second kappa shape index (κ2) is 19.3. The van der Waals surface area contributed by atoms with E-state index in [2.05, 4.69) is 20.0 Å². The molecule has 133 valence electrons. The molecular weight excluding hydrogens is 280 g/mol. The lowest BCUT2D eigenvalue weighted by molar-refractivity contribution is 0.528. The molecule has 0 unspecified atom stereocenters. The van der Waals surface area contributed by atoms with Gasteiger partial charge in [-0.15, -0.1) is 0 Å². The van der Waals surface area contributed by atoms with Crippen LogP contribution in [-0.2, 0) is 0 Å². The second-order valence-corrected chi connectivity index (χ2v) is 10.5. The van der Waals surface area contributed by atoms with E-state index in [1.807, 2.05) is 0 Å². The van der Waals surface area contributed by atoms with E-state index >= 15 is 0 Å². The minimum atomic E-state index is 0.0454. The zero-order chi connectivity index (χ0) is 16.3. The van der Waals surface area contributed by atoms with Crippen LogP contribution in [0.4, 0.5) is 0 Å². The second-order valence-electron chi connectivity index (χ2n) is 7.61. The SMILES string of the molecule is CCCCCCCCCCCCCCCCCCC[Si](C)C. The van der Waals surface area contributed by atoms with Crippen molar-refractivity contribution in [2.24, 2.45) is 0 Å². The lowest BCUT2D eigenvalue weighted by Gasteiger charge is -2.04. The van der Waals surface area contributed by atoms with Crippen molar-refractivity contribution in [1.82, 2.24) is 0 Å². The van der Waals surface area contributed by atoms with Gasteiger partial charge < -0.3 is 0 Å². The van der Waals surface area contributed by atoms with Crippen molar-refractivity contribution in [3.63, 3.8) is 0 Å². The summed E-state index contributed by atoms with van der Waals surface area (Å²) in [6.45, 7) is 7.18. The average molecular weight is 326 g/mol. The van der Waals surface area contributed by atoms with Gasteiger partial charge in [0.05, 0.1) is 0 Å². The number of rotatable bonds is 18. The third kappa shape index (κ3) is 20.2. The third-order valence-corrected chi connectivity index (χ3v) is 6.13. The lowest BCUT2D eigenvalue weighted by Crippen LogP contribution is -1.97. The van der Waals surface area contributed by atoms with Crippen LogP contribution >= 0.6 is 0 Å². The molecule has 0 fully saturated rings. The molecule has 0 atom stereocenters. The molecule has 0 aliphatic carbocycles. The van der Waals surface area contributed by atoms with Crippen molar-refractivity contribution >= 4 is 8.80 Å². The molecule has 0 heterocycles. The van der Waals surface area contributed by atoms with E-state index in [1.165, 1.54) is 115 Å². The van der Waals surface area contributed by atoms with Gasteiger partial charge in [-0.25, -0.2) is 0 Å². The molecular formula is C21H45Si. The minimum absolute atomic E-state index is 0.0454. The van der Waals surface area contributed by atoms with Crippen LogP contribution in [0.25, 0.3) is 0 Å². The standard InChI is InChI=1S/C21H45Si/c1-4-5-6-7-8-9-10-11-12-13-14-15-16-17-18-19-20-21-22(2)3/h4-21H2,1-3H3. The van der Waals surface area contributed by atoms with Gasteiger partial charge in [0.2, 0.25) is 0 Å². The van der Waals surface area contributed by atoms with Gasteiger partial charge in [-0.3, -0.25) is 0 Å². The van der Waals surface area contributed by atoms with Gasteiger partial charge in [0.1, 0.15) is 0 Å². The maximum atomic E-state index is 2.44. The molecule has 0 saturated carbocycles. The van der Waals surface area contributed by atoms with Crippen molar-refractivity contribution in [1.29, 1.82) is 0 Å². The summed E-state index contributed by atoms with van der Waals surface area (Å²) in [5, 5.41) is 0. The molecule has 1 heteroatoms.